The molecule has 3 nitrogen and oxygen atoms in total. The summed E-state index contributed by atoms with van der Waals surface area (Å²) in [5.41, 5.74) is 5.55. The van der Waals surface area contributed by atoms with E-state index in [1.165, 1.54) is 0 Å². The van der Waals surface area contributed by atoms with Crippen LogP contribution in [0.3, 0.4) is 0 Å². The number of carbonyl (C=O) groups is 1. The zero-order chi connectivity index (χ0) is 9.68. The molecule has 0 aliphatic carbocycles. The van der Waals surface area contributed by atoms with Crippen LogP contribution in [0.5, 0.6) is 0 Å². The molecule has 0 aromatic rings. The van der Waals surface area contributed by atoms with Gasteiger partial charge in [-0.05, 0) is 25.1 Å². The first-order valence-electron chi connectivity index (χ1n) is 4.74. The first-order valence-corrected chi connectivity index (χ1v) is 6.14. The number of rotatable bonds is 4. The Balaban J connectivity index is 0.00000169. The Morgan fingerprint density at radius 2 is 2.36 bits per heavy atom. The Bertz CT molecular complexity index is 180. The average Bonchev–Trinajstić information content (AvgIpc) is 2.62. The zero-order valence-electron chi connectivity index (χ0n) is 8.57. The molecule has 14 heavy (non-hydrogen) atoms. The van der Waals surface area contributed by atoms with Crippen molar-refractivity contribution in [2.75, 3.05) is 31.6 Å². The van der Waals surface area contributed by atoms with Crippen LogP contribution in [0.25, 0.3) is 0 Å². The molecule has 2 N–H and O–H groups in total. The van der Waals surface area contributed by atoms with Crippen LogP contribution in [-0.4, -0.2) is 42.4 Å². The van der Waals surface area contributed by atoms with E-state index in [9.17, 15) is 4.79 Å². The number of hydrogen-bond donors (Lipinski definition) is 1. The lowest BCUT2D eigenvalue weighted by molar-refractivity contribution is -0.129. The second kappa shape index (κ2) is 7.37. The Labute approximate surface area is 96.2 Å². The smallest absolute Gasteiger partial charge is 0.223 e. The van der Waals surface area contributed by atoms with Crippen molar-refractivity contribution < 1.29 is 4.79 Å². The van der Waals surface area contributed by atoms with Gasteiger partial charge in [0.15, 0.2) is 0 Å². The second-order valence-corrected chi connectivity index (χ2v) is 4.46. The minimum absolute atomic E-state index is 0. The number of thioether (sulfide) groups is 1. The summed E-state index contributed by atoms with van der Waals surface area (Å²) in [7, 11) is 0. The van der Waals surface area contributed by atoms with E-state index in [4.69, 9.17) is 5.73 Å². The Morgan fingerprint density at radius 1 is 1.64 bits per heavy atom. The Morgan fingerprint density at radius 3 is 2.86 bits per heavy atom. The molecule has 1 atom stereocenters. The highest BCUT2D eigenvalue weighted by Crippen LogP contribution is 2.15. The number of halogens is 1. The number of carbonyl (C=O) groups excluding carboxylic acids is 1. The summed E-state index contributed by atoms with van der Waals surface area (Å²) in [5.74, 6) is 1.77. The van der Waals surface area contributed by atoms with Gasteiger partial charge in [0, 0.05) is 25.3 Å². The zero-order valence-corrected chi connectivity index (χ0v) is 10.2. The number of nitrogens with zero attached hydrogens (tertiary/aromatic N) is 1. The lowest BCUT2D eigenvalue weighted by Gasteiger charge is -2.15. The molecule has 1 aliphatic heterocycles. The molecule has 1 aliphatic rings. The van der Waals surface area contributed by atoms with E-state index in [0.29, 0.717) is 24.8 Å². The van der Waals surface area contributed by atoms with Crippen molar-refractivity contribution in [3.8, 4) is 0 Å². The van der Waals surface area contributed by atoms with Gasteiger partial charge < -0.3 is 10.6 Å². The summed E-state index contributed by atoms with van der Waals surface area (Å²) in [6.45, 7) is 2.51. The lowest BCUT2D eigenvalue weighted by Crippen LogP contribution is -2.29. The molecule has 1 fully saturated rings. The number of hydrogen-bond acceptors (Lipinski definition) is 3. The van der Waals surface area contributed by atoms with Crippen LogP contribution >= 0.6 is 24.2 Å². The molecule has 0 spiro atoms. The molecule has 1 saturated heterocycles. The number of nitrogens with two attached hydrogens (primary N) is 1. The van der Waals surface area contributed by atoms with Gasteiger partial charge in [-0.2, -0.15) is 11.8 Å². The van der Waals surface area contributed by atoms with Crippen LogP contribution in [0, 0.1) is 5.92 Å². The van der Waals surface area contributed by atoms with Gasteiger partial charge in [0.25, 0.3) is 0 Å². The van der Waals surface area contributed by atoms with Crippen molar-refractivity contribution in [2.24, 2.45) is 11.7 Å². The van der Waals surface area contributed by atoms with Gasteiger partial charge in [-0.1, -0.05) is 0 Å². The van der Waals surface area contributed by atoms with Gasteiger partial charge in [0.2, 0.25) is 5.91 Å². The molecule has 0 aromatic heterocycles. The first-order chi connectivity index (χ1) is 6.27. The van der Waals surface area contributed by atoms with Crippen molar-refractivity contribution in [3.63, 3.8) is 0 Å². The van der Waals surface area contributed by atoms with E-state index < -0.39 is 0 Å². The van der Waals surface area contributed by atoms with Crippen molar-refractivity contribution in [2.45, 2.75) is 12.8 Å². The maximum atomic E-state index is 11.5. The van der Waals surface area contributed by atoms with E-state index in [1.54, 1.807) is 11.8 Å². The molecule has 5 heteroatoms. The SMILES string of the molecule is CSCCC(=O)N1CCC(CN)C1.Cl. The van der Waals surface area contributed by atoms with Crippen LogP contribution in [0.15, 0.2) is 0 Å². The van der Waals surface area contributed by atoms with Gasteiger partial charge in [0.1, 0.15) is 0 Å². The van der Waals surface area contributed by atoms with Crippen LogP contribution in [0.1, 0.15) is 12.8 Å². The summed E-state index contributed by atoms with van der Waals surface area (Å²) < 4.78 is 0. The molecule has 84 valence electrons. The molecule has 1 rings (SSSR count). The van der Waals surface area contributed by atoms with Crippen LogP contribution < -0.4 is 5.73 Å². The quantitative estimate of drug-likeness (QED) is 0.794. The molecular formula is C9H19ClN2OS. The fraction of sp³-hybridized carbons (Fsp3) is 0.889. The molecule has 0 aromatic carbocycles. The molecule has 1 heterocycles. The largest absolute Gasteiger partial charge is 0.342 e. The van der Waals surface area contributed by atoms with Crippen molar-refractivity contribution >= 4 is 30.1 Å². The monoisotopic (exact) mass is 238 g/mol. The first kappa shape index (κ1) is 14.1. The fourth-order valence-corrected chi connectivity index (χ4v) is 1.98. The maximum absolute atomic E-state index is 11.5. The third kappa shape index (κ3) is 4.07. The van der Waals surface area contributed by atoms with Crippen molar-refractivity contribution in [3.05, 3.63) is 0 Å². The van der Waals surface area contributed by atoms with E-state index in [-0.39, 0.29) is 12.4 Å². The summed E-state index contributed by atoms with van der Waals surface area (Å²) in [5, 5.41) is 0. The number of amides is 1. The summed E-state index contributed by atoms with van der Waals surface area (Å²) in [4.78, 5) is 13.5. The van der Waals surface area contributed by atoms with E-state index >= 15 is 0 Å². The standard InChI is InChI=1S/C9H18N2OS.ClH/c1-13-5-3-9(12)11-4-2-8(6-10)7-11;/h8H,2-7,10H2,1H3;1H. The molecule has 1 unspecified atom stereocenters. The predicted octanol–water partition coefficient (Wildman–Crippen LogP) is 0.968. The van der Waals surface area contributed by atoms with Crippen LogP contribution in [0.2, 0.25) is 0 Å². The lowest BCUT2D eigenvalue weighted by atomic mass is 10.1. The third-order valence-corrected chi connectivity index (χ3v) is 3.10. The highest BCUT2D eigenvalue weighted by Gasteiger charge is 2.24. The molecule has 0 radical (unpaired) electrons. The fourth-order valence-electron chi connectivity index (χ4n) is 1.60. The molecule has 1 amide bonds. The number of likely N-dealkylation sites (tertiary alicyclic amines) is 1. The summed E-state index contributed by atoms with van der Waals surface area (Å²) in [6, 6.07) is 0. The second-order valence-electron chi connectivity index (χ2n) is 3.47. The van der Waals surface area contributed by atoms with Crippen molar-refractivity contribution in [1.29, 1.82) is 0 Å². The van der Waals surface area contributed by atoms with E-state index in [0.717, 1.165) is 25.3 Å². The highest BCUT2D eigenvalue weighted by atomic mass is 35.5. The average molecular weight is 239 g/mol. The van der Waals surface area contributed by atoms with E-state index in [2.05, 4.69) is 0 Å². The van der Waals surface area contributed by atoms with Crippen molar-refractivity contribution in [1.82, 2.24) is 4.90 Å². The maximum Gasteiger partial charge on any atom is 0.223 e. The van der Waals surface area contributed by atoms with Gasteiger partial charge in [-0.3, -0.25) is 4.79 Å². The molecular weight excluding hydrogens is 220 g/mol. The van der Waals surface area contributed by atoms with Crippen LogP contribution in [0.4, 0.5) is 0 Å². The Kier molecular flexibility index (Phi) is 7.41. The predicted molar refractivity (Wildman–Crippen MR) is 64.0 cm³/mol. The normalized spacial score (nSPS) is 20.7. The van der Waals surface area contributed by atoms with Gasteiger partial charge >= 0.3 is 0 Å². The topological polar surface area (TPSA) is 46.3 Å². The Hall–Kier alpha value is 0.0700. The van der Waals surface area contributed by atoms with Gasteiger partial charge in [-0.15, -0.1) is 12.4 Å². The van der Waals surface area contributed by atoms with Gasteiger partial charge in [-0.25, -0.2) is 0 Å². The highest BCUT2D eigenvalue weighted by molar-refractivity contribution is 7.98. The third-order valence-electron chi connectivity index (χ3n) is 2.49. The van der Waals surface area contributed by atoms with Gasteiger partial charge in [0.05, 0.1) is 0 Å². The molecule has 0 saturated carbocycles. The summed E-state index contributed by atoms with van der Waals surface area (Å²) >= 11 is 1.72. The minimum Gasteiger partial charge on any atom is -0.342 e. The summed E-state index contributed by atoms with van der Waals surface area (Å²) in [6.07, 6.45) is 3.79. The van der Waals surface area contributed by atoms with E-state index in [1.807, 2.05) is 11.2 Å². The molecule has 0 bridgehead atoms. The van der Waals surface area contributed by atoms with Crippen LogP contribution in [-0.2, 0) is 4.79 Å². The minimum atomic E-state index is 0.